The monoisotopic (exact) mass is 249 g/mol. The first-order valence-corrected chi connectivity index (χ1v) is 5.31. The highest BCUT2D eigenvalue weighted by Gasteiger charge is 2.06. The van der Waals surface area contributed by atoms with Gasteiger partial charge in [0.15, 0.2) is 5.76 Å². The summed E-state index contributed by atoms with van der Waals surface area (Å²) in [6.45, 7) is 0. The minimum Gasteiger partial charge on any atom is -0.497 e. The Balaban J connectivity index is 2.11. The van der Waals surface area contributed by atoms with Crippen LogP contribution in [0.1, 0.15) is 5.76 Å². The first-order chi connectivity index (χ1) is 8.19. The quantitative estimate of drug-likeness (QED) is 0.844. The fourth-order valence-corrected chi connectivity index (χ4v) is 1.38. The van der Waals surface area contributed by atoms with E-state index in [1.54, 1.807) is 43.5 Å². The van der Waals surface area contributed by atoms with Gasteiger partial charge in [-0.2, -0.15) is 0 Å². The first kappa shape index (κ1) is 11.5. The van der Waals surface area contributed by atoms with Gasteiger partial charge in [-0.3, -0.25) is 0 Å². The molecule has 0 saturated heterocycles. The van der Waals surface area contributed by atoms with E-state index in [9.17, 15) is 0 Å². The Morgan fingerprint density at radius 3 is 2.29 bits per heavy atom. The molecule has 5 heteroatoms. The van der Waals surface area contributed by atoms with Crippen molar-refractivity contribution >= 4 is 17.2 Å². The minimum atomic E-state index is 0.203. The normalized spacial score (nSPS) is 9.94. The van der Waals surface area contributed by atoms with Crippen molar-refractivity contribution in [2.45, 2.75) is 0 Å². The third-order valence-electron chi connectivity index (χ3n) is 2.10. The van der Waals surface area contributed by atoms with Crippen molar-refractivity contribution in [1.82, 2.24) is 0 Å². The summed E-state index contributed by atoms with van der Waals surface area (Å²) in [7, 11) is 1.61. The van der Waals surface area contributed by atoms with E-state index in [1.165, 1.54) is 0 Å². The van der Waals surface area contributed by atoms with Crippen LogP contribution >= 0.6 is 12.2 Å². The van der Waals surface area contributed by atoms with Crippen LogP contribution in [0.25, 0.3) is 0 Å². The molecule has 0 bridgehead atoms. The van der Waals surface area contributed by atoms with Gasteiger partial charge in [-0.25, -0.2) is 0 Å². The number of nitrogens with two attached hydrogens (primary N) is 1. The van der Waals surface area contributed by atoms with E-state index in [2.05, 4.69) is 0 Å². The summed E-state index contributed by atoms with van der Waals surface area (Å²) >= 11 is 4.78. The maximum atomic E-state index is 5.47. The van der Waals surface area contributed by atoms with Crippen LogP contribution in [0.4, 0.5) is 0 Å². The lowest BCUT2D eigenvalue weighted by Crippen LogP contribution is -2.07. The Labute approximate surface area is 104 Å². The van der Waals surface area contributed by atoms with Crippen molar-refractivity contribution in [2.75, 3.05) is 7.11 Å². The summed E-state index contributed by atoms with van der Waals surface area (Å²) in [5.74, 6) is 2.19. The number of thiocarbonyl (C=S) groups is 1. The minimum absolute atomic E-state index is 0.203. The second-order valence-corrected chi connectivity index (χ2v) is 3.70. The lowest BCUT2D eigenvalue weighted by atomic mass is 10.3. The average Bonchev–Trinajstić information content (AvgIpc) is 2.79. The molecule has 0 spiro atoms. The van der Waals surface area contributed by atoms with Crippen molar-refractivity contribution < 1.29 is 13.9 Å². The molecule has 2 N–H and O–H groups in total. The summed E-state index contributed by atoms with van der Waals surface area (Å²) in [5.41, 5.74) is 5.42. The molecule has 1 aromatic carbocycles. The zero-order valence-electron chi connectivity index (χ0n) is 9.17. The second kappa shape index (κ2) is 4.88. The van der Waals surface area contributed by atoms with Crippen LogP contribution in [0.2, 0.25) is 0 Å². The Bertz CT molecular complexity index is 519. The molecule has 1 heterocycles. The third-order valence-corrected chi connectivity index (χ3v) is 2.30. The molecule has 0 aliphatic heterocycles. The zero-order valence-corrected chi connectivity index (χ0v) is 9.99. The van der Waals surface area contributed by atoms with E-state index in [0.717, 1.165) is 5.75 Å². The molecule has 2 aromatic rings. The predicted octanol–water partition coefficient (Wildman–Crippen LogP) is 2.71. The van der Waals surface area contributed by atoms with Crippen LogP contribution < -0.4 is 15.2 Å². The summed E-state index contributed by atoms with van der Waals surface area (Å²) in [6.07, 6.45) is 0. The molecular formula is C12H11NO3S. The number of ether oxygens (including phenoxy) is 2. The third kappa shape index (κ3) is 2.76. The maximum Gasteiger partial charge on any atom is 0.290 e. The standard InChI is InChI=1S/C12H11NO3S/c1-14-8-2-4-9(5-3-8)15-11-7-6-10(16-11)12(13)17/h2-7H,1H3,(H2,13,17). The molecule has 88 valence electrons. The molecule has 0 atom stereocenters. The smallest absolute Gasteiger partial charge is 0.290 e. The van der Waals surface area contributed by atoms with Crippen LogP contribution in [-0.4, -0.2) is 12.1 Å². The molecule has 0 aliphatic rings. The molecule has 0 unspecified atom stereocenters. The van der Waals surface area contributed by atoms with Gasteiger partial charge in [0.25, 0.3) is 5.95 Å². The Kier molecular flexibility index (Phi) is 3.30. The van der Waals surface area contributed by atoms with Crippen molar-refractivity contribution in [3.8, 4) is 17.4 Å². The maximum absolute atomic E-state index is 5.47. The largest absolute Gasteiger partial charge is 0.497 e. The van der Waals surface area contributed by atoms with Gasteiger partial charge >= 0.3 is 0 Å². The topological polar surface area (TPSA) is 57.6 Å². The average molecular weight is 249 g/mol. The van der Waals surface area contributed by atoms with Gasteiger partial charge in [0, 0.05) is 6.07 Å². The van der Waals surface area contributed by atoms with E-state index in [-0.39, 0.29) is 4.99 Å². The van der Waals surface area contributed by atoms with Crippen molar-refractivity contribution in [2.24, 2.45) is 5.73 Å². The van der Waals surface area contributed by atoms with Gasteiger partial charge in [-0.15, -0.1) is 0 Å². The molecule has 1 aromatic heterocycles. The van der Waals surface area contributed by atoms with Gasteiger partial charge in [-0.1, -0.05) is 12.2 Å². The molecule has 0 amide bonds. The van der Waals surface area contributed by atoms with E-state index in [1.807, 2.05) is 0 Å². The van der Waals surface area contributed by atoms with Crippen LogP contribution in [0.3, 0.4) is 0 Å². The number of benzene rings is 1. The Hall–Kier alpha value is -2.01. The molecule has 17 heavy (non-hydrogen) atoms. The molecule has 4 nitrogen and oxygen atoms in total. The SMILES string of the molecule is COc1ccc(Oc2ccc(C(N)=S)o2)cc1. The van der Waals surface area contributed by atoms with Crippen LogP contribution in [0.15, 0.2) is 40.8 Å². The number of hydrogen-bond acceptors (Lipinski definition) is 4. The van der Waals surface area contributed by atoms with Gasteiger partial charge in [0.2, 0.25) is 0 Å². The van der Waals surface area contributed by atoms with Crippen molar-refractivity contribution in [3.05, 3.63) is 42.2 Å². The summed E-state index contributed by atoms with van der Waals surface area (Å²) in [5, 5.41) is 0. The van der Waals surface area contributed by atoms with E-state index in [4.69, 9.17) is 31.8 Å². The first-order valence-electron chi connectivity index (χ1n) is 4.90. The highest BCUT2D eigenvalue weighted by Crippen LogP contribution is 2.25. The summed E-state index contributed by atoms with van der Waals surface area (Å²) in [4.78, 5) is 0.203. The molecule has 0 aliphatic carbocycles. The van der Waals surface area contributed by atoms with Crippen LogP contribution in [0.5, 0.6) is 17.4 Å². The number of rotatable bonds is 4. The number of furan rings is 1. The second-order valence-electron chi connectivity index (χ2n) is 3.26. The Morgan fingerprint density at radius 1 is 1.12 bits per heavy atom. The lowest BCUT2D eigenvalue weighted by Gasteiger charge is -2.03. The summed E-state index contributed by atoms with van der Waals surface area (Å²) in [6, 6.07) is 10.5. The lowest BCUT2D eigenvalue weighted by molar-refractivity contribution is 0.343. The van der Waals surface area contributed by atoms with Gasteiger partial charge < -0.3 is 19.6 Å². The zero-order chi connectivity index (χ0) is 12.3. The van der Waals surface area contributed by atoms with Gasteiger partial charge in [0.1, 0.15) is 16.5 Å². The van der Waals surface area contributed by atoms with Gasteiger partial charge in [0.05, 0.1) is 7.11 Å². The highest BCUT2D eigenvalue weighted by atomic mass is 32.1. The molecule has 0 saturated carbocycles. The Morgan fingerprint density at radius 2 is 1.76 bits per heavy atom. The fraction of sp³-hybridized carbons (Fsp3) is 0.0833. The van der Waals surface area contributed by atoms with Crippen molar-refractivity contribution in [3.63, 3.8) is 0 Å². The van der Waals surface area contributed by atoms with Crippen molar-refractivity contribution in [1.29, 1.82) is 0 Å². The van der Waals surface area contributed by atoms with Crippen LogP contribution in [0, 0.1) is 0 Å². The molecule has 0 fully saturated rings. The number of methoxy groups -OCH3 is 1. The molecule has 2 rings (SSSR count). The summed E-state index contributed by atoms with van der Waals surface area (Å²) < 4.78 is 15.8. The van der Waals surface area contributed by atoms with Crippen LogP contribution in [-0.2, 0) is 0 Å². The van der Waals surface area contributed by atoms with E-state index in [0.29, 0.717) is 17.5 Å². The predicted molar refractivity (Wildman–Crippen MR) is 67.7 cm³/mol. The molecular weight excluding hydrogens is 238 g/mol. The highest BCUT2D eigenvalue weighted by molar-refractivity contribution is 7.80. The number of hydrogen-bond donors (Lipinski definition) is 1. The molecule has 0 radical (unpaired) electrons. The van der Waals surface area contributed by atoms with E-state index < -0.39 is 0 Å². The fourth-order valence-electron chi connectivity index (χ4n) is 1.27. The van der Waals surface area contributed by atoms with Gasteiger partial charge in [-0.05, 0) is 30.3 Å². The van der Waals surface area contributed by atoms with E-state index >= 15 is 0 Å².